The molecule has 23 heavy (non-hydrogen) atoms. The van der Waals surface area contributed by atoms with E-state index in [4.69, 9.17) is 4.74 Å². The number of hydrogen-bond acceptors (Lipinski definition) is 3. The largest absolute Gasteiger partial charge is 0.376 e. The molecule has 0 spiro atoms. The standard InChI is InChI=1S/C18H21N3O2/c22-18(20-13-15-9-6-12-23-15)21-17(14-7-2-1-3-8-14)16-10-4-5-11-19-16/h1-5,7-8,10-11,15,17H,6,9,12-13H2,(H2,20,21,22). The molecule has 0 radical (unpaired) electrons. The Kier molecular flexibility index (Phi) is 5.21. The van der Waals surface area contributed by atoms with Crippen molar-refractivity contribution in [2.24, 2.45) is 0 Å². The molecule has 2 N–H and O–H groups in total. The maximum absolute atomic E-state index is 12.3. The fraction of sp³-hybridized carbons (Fsp3) is 0.333. The van der Waals surface area contributed by atoms with Crippen LogP contribution in [0, 0.1) is 0 Å². The van der Waals surface area contributed by atoms with E-state index in [1.54, 1.807) is 6.20 Å². The van der Waals surface area contributed by atoms with Crippen molar-refractivity contribution in [2.75, 3.05) is 13.2 Å². The molecule has 1 saturated heterocycles. The van der Waals surface area contributed by atoms with Gasteiger partial charge in [0.1, 0.15) is 0 Å². The van der Waals surface area contributed by atoms with E-state index in [1.165, 1.54) is 0 Å². The molecule has 1 fully saturated rings. The number of aromatic nitrogens is 1. The summed E-state index contributed by atoms with van der Waals surface area (Å²) in [6, 6.07) is 15.1. The van der Waals surface area contributed by atoms with Crippen molar-refractivity contribution in [3.8, 4) is 0 Å². The number of nitrogens with one attached hydrogen (secondary N) is 2. The number of hydrogen-bond donors (Lipinski definition) is 2. The highest BCUT2D eigenvalue weighted by atomic mass is 16.5. The third-order valence-electron chi connectivity index (χ3n) is 3.91. The molecule has 2 atom stereocenters. The fourth-order valence-corrected chi connectivity index (χ4v) is 2.71. The monoisotopic (exact) mass is 311 g/mol. The second-order valence-electron chi connectivity index (χ2n) is 5.59. The average Bonchev–Trinajstić information content (AvgIpc) is 3.13. The van der Waals surface area contributed by atoms with Crippen LogP contribution in [0.2, 0.25) is 0 Å². The molecule has 0 bridgehead atoms. The lowest BCUT2D eigenvalue weighted by Gasteiger charge is -2.20. The first-order valence-electron chi connectivity index (χ1n) is 7.95. The van der Waals surface area contributed by atoms with Crippen molar-refractivity contribution < 1.29 is 9.53 Å². The number of amides is 2. The van der Waals surface area contributed by atoms with Gasteiger partial charge in [0.25, 0.3) is 0 Å². The molecule has 2 unspecified atom stereocenters. The minimum Gasteiger partial charge on any atom is -0.376 e. The van der Waals surface area contributed by atoms with Crippen molar-refractivity contribution in [2.45, 2.75) is 25.0 Å². The zero-order valence-electron chi connectivity index (χ0n) is 12.9. The molecule has 3 rings (SSSR count). The van der Waals surface area contributed by atoms with Crippen LogP contribution in [0.15, 0.2) is 54.7 Å². The van der Waals surface area contributed by atoms with Gasteiger partial charge in [0.05, 0.1) is 17.8 Å². The van der Waals surface area contributed by atoms with Gasteiger partial charge < -0.3 is 15.4 Å². The molecule has 1 aromatic heterocycles. The summed E-state index contributed by atoms with van der Waals surface area (Å²) in [6.07, 6.45) is 3.93. The SMILES string of the molecule is O=C(NCC1CCCO1)NC(c1ccccc1)c1ccccn1. The van der Waals surface area contributed by atoms with E-state index in [9.17, 15) is 4.79 Å². The first-order valence-corrected chi connectivity index (χ1v) is 7.95. The molecule has 0 saturated carbocycles. The Balaban J connectivity index is 1.67. The van der Waals surface area contributed by atoms with Gasteiger partial charge in [-0.25, -0.2) is 4.79 Å². The third-order valence-corrected chi connectivity index (χ3v) is 3.91. The van der Waals surface area contributed by atoms with Crippen LogP contribution in [0.1, 0.15) is 30.1 Å². The molecular formula is C18H21N3O2. The van der Waals surface area contributed by atoms with Gasteiger partial charge in [-0.05, 0) is 30.5 Å². The second-order valence-corrected chi connectivity index (χ2v) is 5.59. The number of urea groups is 1. The number of pyridine rings is 1. The third kappa shape index (κ3) is 4.29. The maximum atomic E-state index is 12.3. The summed E-state index contributed by atoms with van der Waals surface area (Å²) in [5, 5.41) is 5.90. The van der Waals surface area contributed by atoms with E-state index in [-0.39, 0.29) is 18.2 Å². The van der Waals surface area contributed by atoms with Crippen LogP contribution in [0.3, 0.4) is 0 Å². The van der Waals surface area contributed by atoms with E-state index in [2.05, 4.69) is 15.6 Å². The van der Waals surface area contributed by atoms with Gasteiger partial charge in [0.2, 0.25) is 0 Å². The molecule has 2 aromatic rings. The molecule has 2 amide bonds. The lowest BCUT2D eigenvalue weighted by atomic mass is 10.0. The Hall–Kier alpha value is -2.40. The second kappa shape index (κ2) is 7.74. The number of carbonyl (C=O) groups is 1. The summed E-state index contributed by atoms with van der Waals surface area (Å²) in [4.78, 5) is 16.6. The van der Waals surface area contributed by atoms with E-state index in [0.29, 0.717) is 6.54 Å². The highest BCUT2D eigenvalue weighted by Crippen LogP contribution is 2.19. The summed E-state index contributed by atoms with van der Waals surface area (Å²) < 4.78 is 5.52. The minimum absolute atomic E-state index is 0.130. The van der Waals surface area contributed by atoms with E-state index in [1.807, 2.05) is 48.5 Å². The van der Waals surface area contributed by atoms with Gasteiger partial charge in [-0.3, -0.25) is 4.98 Å². The Labute approximate surface area is 136 Å². The normalized spacial score (nSPS) is 18.3. The topological polar surface area (TPSA) is 63.2 Å². The van der Waals surface area contributed by atoms with Crippen molar-refractivity contribution in [3.05, 3.63) is 66.0 Å². The number of ether oxygens (including phenoxy) is 1. The lowest BCUT2D eigenvalue weighted by Crippen LogP contribution is -2.41. The van der Waals surface area contributed by atoms with Crippen LogP contribution < -0.4 is 10.6 Å². The zero-order chi connectivity index (χ0) is 15.9. The van der Waals surface area contributed by atoms with Gasteiger partial charge in [-0.15, -0.1) is 0 Å². The summed E-state index contributed by atoms with van der Waals surface area (Å²) in [5.41, 5.74) is 1.81. The number of nitrogens with zero attached hydrogens (tertiary/aromatic N) is 1. The molecule has 1 aliphatic heterocycles. The Bertz CT molecular complexity index is 573. The first-order chi connectivity index (χ1) is 11.3. The van der Waals surface area contributed by atoms with Crippen molar-refractivity contribution >= 4 is 6.03 Å². The van der Waals surface area contributed by atoms with Gasteiger partial charge in [-0.1, -0.05) is 36.4 Å². The van der Waals surface area contributed by atoms with Crippen LogP contribution in [0.5, 0.6) is 0 Å². The Morgan fingerprint density at radius 2 is 2.04 bits per heavy atom. The highest BCUT2D eigenvalue weighted by Gasteiger charge is 2.20. The van der Waals surface area contributed by atoms with E-state index < -0.39 is 0 Å². The molecule has 1 aliphatic rings. The lowest BCUT2D eigenvalue weighted by molar-refractivity contribution is 0.111. The number of benzene rings is 1. The molecule has 120 valence electrons. The maximum Gasteiger partial charge on any atom is 0.315 e. The highest BCUT2D eigenvalue weighted by molar-refractivity contribution is 5.75. The van der Waals surface area contributed by atoms with Gasteiger partial charge in [-0.2, -0.15) is 0 Å². The van der Waals surface area contributed by atoms with Crippen molar-refractivity contribution in [3.63, 3.8) is 0 Å². The van der Waals surface area contributed by atoms with Crippen LogP contribution in [-0.4, -0.2) is 30.3 Å². The van der Waals surface area contributed by atoms with Gasteiger partial charge >= 0.3 is 6.03 Å². The molecule has 2 heterocycles. The quantitative estimate of drug-likeness (QED) is 0.892. The predicted molar refractivity (Wildman–Crippen MR) is 88.0 cm³/mol. The van der Waals surface area contributed by atoms with Crippen LogP contribution in [0.25, 0.3) is 0 Å². The number of rotatable bonds is 5. The molecule has 1 aromatic carbocycles. The van der Waals surface area contributed by atoms with Gasteiger partial charge in [0.15, 0.2) is 0 Å². The Morgan fingerprint density at radius 3 is 2.74 bits per heavy atom. The average molecular weight is 311 g/mol. The minimum atomic E-state index is -0.276. The van der Waals surface area contributed by atoms with Crippen LogP contribution >= 0.6 is 0 Å². The van der Waals surface area contributed by atoms with Crippen LogP contribution in [0.4, 0.5) is 4.79 Å². The molecule has 5 nitrogen and oxygen atoms in total. The van der Waals surface area contributed by atoms with Crippen molar-refractivity contribution in [1.82, 2.24) is 15.6 Å². The Morgan fingerprint density at radius 1 is 1.22 bits per heavy atom. The van der Waals surface area contributed by atoms with Gasteiger partial charge in [0, 0.05) is 19.3 Å². The summed E-state index contributed by atoms with van der Waals surface area (Å²) in [6.45, 7) is 1.32. The predicted octanol–water partition coefficient (Wildman–Crippen LogP) is 2.65. The van der Waals surface area contributed by atoms with E-state index in [0.717, 1.165) is 30.7 Å². The smallest absolute Gasteiger partial charge is 0.315 e. The van der Waals surface area contributed by atoms with E-state index >= 15 is 0 Å². The zero-order valence-corrected chi connectivity index (χ0v) is 12.9. The summed E-state index contributed by atoms with van der Waals surface area (Å²) in [7, 11) is 0. The summed E-state index contributed by atoms with van der Waals surface area (Å²) >= 11 is 0. The van der Waals surface area contributed by atoms with Crippen molar-refractivity contribution in [1.29, 1.82) is 0 Å². The molecule has 5 heteroatoms. The summed E-state index contributed by atoms with van der Waals surface area (Å²) in [5.74, 6) is 0. The number of carbonyl (C=O) groups excluding carboxylic acids is 1. The molecular weight excluding hydrogens is 290 g/mol. The fourth-order valence-electron chi connectivity index (χ4n) is 2.71. The van der Waals surface area contributed by atoms with Crippen LogP contribution in [-0.2, 0) is 4.74 Å². The molecule has 0 aliphatic carbocycles. The first kappa shape index (κ1) is 15.5.